The molecule has 0 aliphatic carbocycles. The maximum atomic E-state index is 12.4. The van der Waals surface area contributed by atoms with E-state index in [4.69, 9.17) is 24.7 Å². The van der Waals surface area contributed by atoms with Crippen molar-refractivity contribution in [2.45, 2.75) is 32.6 Å². The van der Waals surface area contributed by atoms with E-state index < -0.39 is 11.9 Å². The minimum Gasteiger partial charge on any atom is -0.493 e. The van der Waals surface area contributed by atoms with E-state index >= 15 is 0 Å². The fourth-order valence-electron chi connectivity index (χ4n) is 4.01. The topological polar surface area (TPSA) is 104 Å². The molecule has 2 N–H and O–H groups in total. The van der Waals surface area contributed by atoms with Crippen LogP contribution in [0.15, 0.2) is 78.2 Å². The van der Waals surface area contributed by atoms with Crippen LogP contribution in [0, 0.1) is 18.3 Å². The molecule has 3 aromatic carbocycles. The predicted molar refractivity (Wildman–Crippen MR) is 135 cm³/mol. The Bertz CT molecular complexity index is 1330. The highest BCUT2D eigenvalue weighted by Gasteiger charge is 2.33. The van der Waals surface area contributed by atoms with Gasteiger partial charge in [0.05, 0.1) is 12.5 Å². The van der Waals surface area contributed by atoms with Crippen LogP contribution in [0.5, 0.6) is 23.0 Å². The third-order valence-electron chi connectivity index (χ3n) is 5.85. The zero-order valence-corrected chi connectivity index (χ0v) is 20.3. The molecule has 0 saturated heterocycles. The quantitative estimate of drug-likeness (QED) is 0.247. The van der Waals surface area contributed by atoms with E-state index in [-0.39, 0.29) is 18.2 Å². The molecule has 0 spiro atoms. The molecule has 0 bridgehead atoms. The number of rotatable bonds is 9. The van der Waals surface area contributed by atoms with Crippen molar-refractivity contribution in [3.63, 3.8) is 0 Å². The average Bonchev–Trinajstić information content (AvgIpc) is 2.88. The third-order valence-corrected chi connectivity index (χ3v) is 5.85. The number of aryl methyl sites for hydroxylation is 1. The summed E-state index contributed by atoms with van der Waals surface area (Å²) in [6.45, 7) is 4.33. The molecule has 0 fully saturated rings. The smallest absolute Gasteiger partial charge is 0.349 e. The number of ether oxygens (including phenoxy) is 4. The fraction of sp³-hybridized carbons (Fsp3) is 0.241. The molecule has 1 atom stereocenters. The summed E-state index contributed by atoms with van der Waals surface area (Å²) in [6, 6.07) is 22.3. The van der Waals surface area contributed by atoms with Crippen molar-refractivity contribution < 1.29 is 23.7 Å². The van der Waals surface area contributed by atoms with Gasteiger partial charge in [-0.25, -0.2) is 4.79 Å². The largest absolute Gasteiger partial charge is 0.493 e. The lowest BCUT2D eigenvalue weighted by atomic mass is 9.83. The minimum atomic E-state index is -0.554. The van der Waals surface area contributed by atoms with Gasteiger partial charge in [-0.3, -0.25) is 0 Å². The molecular formula is C29H28N2O5. The molecule has 1 unspecified atom stereocenters. The number of nitriles is 1. The molecule has 7 heteroatoms. The Balaban J connectivity index is 1.57. The lowest BCUT2D eigenvalue weighted by molar-refractivity contribution is -0.136. The Morgan fingerprint density at radius 3 is 2.53 bits per heavy atom. The molecular weight excluding hydrogens is 456 g/mol. The monoisotopic (exact) mass is 484 g/mol. The second kappa shape index (κ2) is 11.3. The molecule has 0 aromatic heterocycles. The molecule has 0 amide bonds. The highest BCUT2D eigenvalue weighted by Crippen LogP contribution is 2.45. The van der Waals surface area contributed by atoms with Gasteiger partial charge in [-0.15, -0.1) is 0 Å². The molecule has 1 aliphatic rings. The van der Waals surface area contributed by atoms with Crippen molar-refractivity contribution in [3.8, 4) is 29.1 Å². The third kappa shape index (κ3) is 5.44. The first-order chi connectivity index (χ1) is 17.5. The van der Waals surface area contributed by atoms with Gasteiger partial charge in [-0.05, 0) is 37.1 Å². The van der Waals surface area contributed by atoms with Crippen molar-refractivity contribution in [1.29, 1.82) is 5.26 Å². The van der Waals surface area contributed by atoms with E-state index in [0.29, 0.717) is 29.4 Å². The van der Waals surface area contributed by atoms with Crippen molar-refractivity contribution in [2.24, 2.45) is 5.73 Å². The van der Waals surface area contributed by atoms with Crippen LogP contribution in [0.1, 0.15) is 42.4 Å². The summed E-state index contributed by atoms with van der Waals surface area (Å²) in [6.07, 6.45) is 1.93. The summed E-state index contributed by atoms with van der Waals surface area (Å²) < 4.78 is 22.8. The lowest BCUT2D eigenvalue weighted by Gasteiger charge is -2.28. The number of allylic oxidation sites excluding steroid dienone is 1. The number of unbranched alkanes of at least 4 members (excludes halogenated alkanes) is 1. The summed E-state index contributed by atoms with van der Waals surface area (Å²) in [5.41, 5.74) is 8.91. The number of para-hydroxylation sites is 2. The van der Waals surface area contributed by atoms with E-state index in [0.717, 1.165) is 29.5 Å². The number of hydrogen-bond donors (Lipinski definition) is 1. The van der Waals surface area contributed by atoms with Crippen LogP contribution in [0.2, 0.25) is 0 Å². The summed E-state index contributed by atoms with van der Waals surface area (Å²) in [5.74, 6) is 0.967. The van der Waals surface area contributed by atoms with Crippen molar-refractivity contribution in [1.82, 2.24) is 0 Å². The zero-order chi connectivity index (χ0) is 25.5. The number of nitrogens with zero attached hydrogens (tertiary/aromatic N) is 1. The second-order valence-corrected chi connectivity index (χ2v) is 8.39. The minimum absolute atomic E-state index is 0.00437. The normalized spacial score (nSPS) is 14.3. The fourth-order valence-corrected chi connectivity index (χ4v) is 4.01. The van der Waals surface area contributed by atoms with Crippen LogP contribution >= 0.6 is 0 Å². The Hall–Kier alpha value is -4.44. The van der Waals surface area contributed by atoms with Gasteiger partial charge >= 0.3 is 5.97 Å². The molecule has 184 valence electrons. The highest BCUT2D eigenvalue weighted by molar-refractivity contribution is 5.74. The van der Waals surface area contributed by atoms with Gasteiger partial charge in [0, 0.05) is 17.2 Å². The number of benzene rings is 3. The Morgan fingerprint density at radius 1 is 1.03 bits per heavy atom. The van der Waals surface area contributed by atoms with Gasteiger partial charge in [0.2, 0.25) is 5.88 Å². The van der Waals surface area contributed by atoms with Crippen LogP contribution in [0.4, 0.5) is 0 Å². The van der Waals surface area contributed by atoms with Crippen molar-refractivity contribution in [2.75, 3.05) is 13.2 Å². The van der Waals surface area contributed by atoms with Crippen LogP contribution in [0.25, 0.3) is 0 Å². The van der Waals surface area contributed by atoms with Gasteiger partial charge in [-0.1, -0.05) is 55.8 Å². The van der Waals surface area contributed by atoms with Gasteiger partial charge in [0.15, 0.2) is 6.61 Å². The molecule has 4 rings (SSSR count). The summed E-state index contributed by atoms with van der Waals surface area (Å²) in [7, 11) is 0. The molecule has 1 aliphatic heterocycles. The number of fused-ring (bicyclic) bond motifs is 1. The first-order valence-electron chi connectivity index (χ1n) is 11.8. The van der Waals surface area contributed by atoms with Crippen LogP contribution < -0.4 is 24.7 Å². The number of nitrogens with two attached hydrogens (primary N) is 1. The number of hydrogen-bond acceptors (Lipinski definition) is 7. The number of carbonyl (C=O) groups is 1. The average molecular weight is 485 g/mol. The summed E-state index contributed by atoms with van der Waals surface area (Å²) in [4.78, 5) is 12.4. The van der Waals surface area contributed by atoms with Gasteiger partial charge < -0.3 is 24.7 Å². The Labute approximate surface area is 210 Å². The van der Waals surface area contributed by atoms with E-state index in [1.54, 1.807) is 24.3 Å². The molecule has 7 nitrogen and oxygen atoms in total. The first kappa shape index (κ1) is 24.7. The van der Waals surface area contributed by atoms with E-state index in [1.807, 2.05) is 49.4 Å². The first-order valence-corrected chi connectivity index (χ1v) is 11.8. The van der Waals surface area contributed by atoms with Crippen LogP contribution in [-0.4, -0.2) is 19.2 Å². The maximum Gasteiger partial charge on any atom is 0.349 e. The summed E-state index contributed by atoms with van der Waals surface area (Å²) in [5, 5.41) is 9.88. The van der Waals surface area contributed by atoms with Gasteiger partial charge in [0.25, 0.3) is 0 Å². The lowest BCUT2D eigenvalue weighted by Crippen LogP contribution is -2.22. The van der Waals surface area contributed by atoms with Crippen molar-refractivity contribution >= 4 is 5.97 Å². The number of esters is 1. The van der Waals surface area contributed by atoms with Gasteiger partial charge in [-0.2, -0.15) is 5.26 Å². The van der Waals surface area contributed by atoms with E-state index in [1.165, 1.54) is 0 Å². The second-order valence-electron chi connectivity index (χ2n) is 8.39. The van der Waals surface area contributed by atoms with Crippen LogP contribution in [0.3, 0.4) is 0 Å². The molecule has 0 radical (unpaired) electrons. The number of carbonyl (C=O) groups excluding carboxylic acids is 1. The predicted octanol–water partition coefficient (Wildman–Crippen LogP) is 5.38. The molecule has 36 heavy (non-hydrogen) atoms. The maximum absolute atomic E-state index is 12.4. The zero-order valence-electron chi connectivity index (χ0n) is 20.3. The molecule has 0 saturated carbocycles. The summed E-state index contributed by atoms with van der Waals surface area (Å²) >= 11 is 0. The highest BCUT2D eigenvalue weighted by atomic mass is 16.6. The van der Waals surface area contributed by atoms with Gasteiger partial charge in [0.1, 0.15) is 34.6 Å². The van der Waals surface area contributed by atoms with Crippen molar-refractivity contribution in [3.05, 3.63) is 94.9 Å². The van der Waals surface area contributed by atoms with Crippen LogP contribution in [-0.2, 0) is 4.79 Å². The SMILES string of the molecule is CCCCOc1ccccc1C1C(C#N)=C(N)Oc2cc(OC(=O)COc3ccccc3C)ccc21. The molecule has 3 aromatic rings. The Morgan fingerprint density at radius 2 is 1.78 bits per heavy atom. The van der Waals surface area contributed by atoms with E-state index in [2.05, 4.69) is 13.0 Å². The molecule has 1 heterocycles. The standard InChI is InChI=1S/C29H28N2O5/c1-3-4-15-33-25-12-8-6-10-21(25)28-22-14-13-20(16-26(22)36-29(31)23(28)17-30)35-27(32)18-34-24-11-7-5-9-19(24)2/h5-14,16,28H,3-4,15,18,31H2,1-2H3. The Kier molecular flexibility index (Phi) is 7.76. The van der Waals surface area contributed by atoms with E-state index in [9.17, 15) is 10.1 Å².